The van der Waals surface area contributed by atoms with Crippen LogP contribution in [-0.4, -0.2) is 46.6 Å². The van der Waals surface area contributed by atoms with E-state index in [4.69, 9.17) is 0 Å². The average Bonchev–Trinajstić information content (AvgIpc) is 2.55. The molecule has 0 spiro atoms. The highest BCUT2D eigenvalue weighted by molar-refractivity contribution is 6.05. The van der Waals surface area contributed by atoms with Crippen LogP contribution in [0.15, 0.2) is 33.9 Å². The highest BCUT2D eigenvalue weighted by Crippen LogP contribution is 2.27. The molecule has 0 bridgehead atoms. The van der Waals surface area contributed by atoms with Crippen molar-refractivity contribution in [3.05, 3.63) is 45.1 Å². The number of fused-ring (bicyclic) bond motifs is 2. The molecule has 0 unspecified atom stereocenters. The van der Waals surface area contributed by atoms with Gasteiger partial charge in [0, 0.05) is 19.0 Å². The van der Waals surface area contributed by atoms with Gasteiger partial charge in [-0.2, -0.15) is 0 Å². The van der Waals surface area contributed by atoms with E-state index in [1.165, 1.54) is 7.05 Å². The van der Waals surface area contributed by atoms with E-state index in [0.717, 1.165) is 40.7 Å². The molecule has 126 valence electrons. The van der Waals surface area contributed by atoms with Crippen molar-refractivity contribution in [2.75, 3.05) is 32.5 Å². The maximum absolute atomic E-state index is 12.6. The van der Waals surface area contributed by atoms with E-state index in [1.807, 2.05) is 38.4 Å². The van der Waals surface area contributed by atoms with Crippen LogP contribution in [0.2, 0.25) is 0 Å². The minimum Gasteiger partial charge on any atom is -0.384 e. The second-order valence-corrected chi connectivity index (χ2v) is 6.11. The van der Waals surface area contributed by atoms with E-state index in [-0.39, 0.29) is 5.56 Å². The molecule has 24 heavy (non-hydrogen) atoms. The molecule has 0 aliphatic rings. The SMILES string of the molecule is CN(C)CCCNc1c2ccccc2nc2[nH]c(=O)n(C)c(=O)c12. The van der Waals surface area contributed by atoms with Gasteiger partial charge in [-0.15, -0.1) is 0 Å². The molecule has 0 saturated heterocycles. The summed E-state index contributed by atoms with van der Waals surface area (Å²) in [5.74, 6) is 0. The zero-order chi connectivity index (χ0) is 17.3. The van der Waals surface area contributed by atoms with E-state index >= 15 is 0 Å². The summed E-state index contributed by atoms with van der Waals surface area (Å²) in [4.78, 5) is 33.7. The number of benzene rings is 1. The number of hydrogen-bond donors (Lipinski definition) is 2. The largest absolute Gasteiger partial charge is 0.384 e. The Morgan fingerprint density at radius 2 is 2.00 bits per heavy atom. The summed E-state index contributed by atoms with van der Waals surface area (Å²) in [6.45, 7) is 1.67. The van der Waals surface area contributed by atoms with E-state index in [9.17, 15) is 9.59 Å². The van der Waals surface area contributed by atoms with Crippen molar-refractivity contribution in [1.82, 2.24) is 19.4 Å². The number of aromatic amines is 1. The summed E-state index contributed by atoms with van der Waals surface area (Å²) in [6.07, 6.45) is 0.939. The van der Waals surface area contributed by atoms with E-state index in [1.54, 1.807) is 0 Å². The number of nitrogens with one attached hydrogen (secondary N) is 2. The second-order valence-electron chi connectivity index (χ2n) is 6.11. The Bertz CT molecular complexity index is 1000. The minimum atomic E-state index is -0.464. The predicted molar refractivity (Wildman–Crippen MR) is 96.8 cm³/mol. The third kappa shape index (κ3) is 2.90. The molecular weight excluding hydrogens is 306 g/mol. The van der Waals surface area contributed by atoms with Gasteiger partial charge in [0.2, 0.25) is 0 Å². The number of hydrogen-bond acceptors (Lipinski definition) is 5. The molecule has 7 nitrogen and oxygen atoms in total. The van der Waals surface area contributed by atoms with Crippen LogP contribution in [0.25, 0.3) is 21.9 Å². The zero-order valence-electron chi connectivity index (χ0n) is 14.1. The molecule has 2 N–H and O–H groups in total. The molecule has 3 aromatic rings. The normalized spacial score (nSPS) is 11.5. The van der Waals surface area contributed by atoms with Gasteiger partial charge in [0.1, 0.15) is 11.0 Å². The highest BCUT2D eigenvalue weighted by atomic mass is 16.2. The lowest BCUT2D eigenvalue weighted by molar-refractivity contribution is 0.405. The number of para-hydroxylation sites is 1. The molecule has 0 saturated carbocycles. The highest BCUT2D eigenvalue weighted by Gasteiger charge is 2.14. The van der Waals surface area contributed by atoms with E-state index in [2.05, 4.69) is 20.2 Å². The first-order valence-corrected chi connectivity index (χ1v) is 7.89. The molecule has 0 amide bonds. The third-order valence-electron chi connectivity index (χ3n) is 4.02. The Balaban J connectivity index is 2.19. The smallest absolute Gasteiger partial charge is 0.329 e. The van der Waals surface area contributed by atoms with Crippen LogP contribution < -0.4 is 16.6 Å². The molecule has 0 atom stereocenters. The zero-order valence-corrected chi connectivity index (χ0v) is 14.1. The van der Waals surface area contributed by atoms with Gasteiger partial charge in [-0.3, -0.25) is 14.3 Å². The van der Waals surface area contributed by atoms with Crippen molar-refractivity contribution in [2.45, 2.75) is 6.42 Å². The Kier molecular flexibility index (Phi) is 4.35. The van der Waals surface area contributed by atoms with Crippen LogP contribution in [0.1, 0.15) is 6.42 Å². The first-order valence-electron chi connectivity index (χ1n) is 7.89. The van der Waals surface area contributed by atoms with Crippen LogP contribution in [0.3, 0.4) is 0 Å². The van der Waals surface area contributed by atoms with Crippen molar-refractivity contribution in [3.63, 3.8) is 0 Å². The van der Waals surface area contributed by atoms with Gasteiger partial charge in [0.05, 0.1) is 11.2 Å². The summed E-state index contributed by atoms with van der Waals surface area (Å²) in [5, 5.41) is 4.66. The molecule has 2 heterocycles. The van der Waals surface area contributed by atoms with Gasteiger partial charge >= 0.3 is 5.69 Å². The quantitative estimate of drug-likeness (QED) is 0.542. The molecule has 7 heteroatoms. The van der Waals surface area contributed by atoms with Crippen LogP contribution in [0.5, 0.6) is 0 Å². The molecule has 0 fully saturated rings. The van der Waals surface area contributed by atoms with Gasteiger partial charge in [0.15, 0.2) is 0 Å². The lowest BCUT2D eigenvalue weighted by atomic mass is 10.1. The van der Waals surface area contributed by atoms with Crippen molar-refractivity contribution in [2.24, 2.45) is 7.05 Å². The Hall–Kier alpha value is -2.67. The monoisotopic (exact) mass is 327 g/mol. The fourth-order valence-corrected chi connectivity index (χ4v) is 2.75. The number of pyridine rings is 1. The van der Waals surface area contributed by atoms with Gasteiger partial charge in [-0.05, 0) is 33.1 Å². The second kappa shape index (κ2) is 6.45. The fourth-order valence-electron chi connectivity index (χ4n) is 2.75. The number of anilines is 1. The average molecular weight is 327 g/mol. The van der Waals surface area contributed by atoms with Crippen molar-refractivity contribution in [1.29, 1.82) is 0 Å². The number of nitrogens with zero attached hydrogens (tertiary/aromatic N) is 3. The van der Waals surface area contributed by atoms with Crippen LogP contribution in [0, 0.1) is 0 Å². The molecule has 0 aliphatic carbocycles. The maximum Gasteiger partial charge on any atom is 0.329 e. The molecular formula is C17H21N5O2. The molecule has 0 radical (unpaired) electrons. The van der Waals surface area contributed by atoms with Crippen molar-refractivity contribution in [3.8, 4) is 0 Å². The Labute approximate surface area is 138 Å². The van der Waals surface area contributed by atoms with Crippen LogP contribution in [-0.2, 0) is 7.05 Å². The van der Waals surface area contributed by atoms with Gasteiger partial charge in [-0.1, -0.05) is 18.2 Å². The van der Waals surface area contributed by atoms with Gasteiger partial charge in [0.25, 0.3) is 5.56 Å². The lowest BCUT2D eigenvalue weighted by Crippen LogP contribution is -2.33. The first-order chi connectivity index (χ1) is 11.5. The Morgan fingerprint density at radius 3 is 2.75 bits per heavy atom. The molecule has 0 aliphatic heterocycles. The fraction of sp³-hybridized carbons (Fsp3) is 0.353. The summed E-state index contributed by atoms with van der Waals surface area (Å²) < 4.78 is 1.07. The number of H-pyrrole nitrogens is 1. The van der Waals surface area contributed by atoms with Gasteiger partial charge in [-0.25, -0.2) is 9.78 Å². The van der Waals surface area contributed by atoms with E-state index < -0.39 is 5.69 Å². The standard InChI is InChI=1S/C17H21N5O2/c1-21(2)10-6-9-18-14-11-7-4-5-8-12(11)19-15-13(14)16(23)22(3)17(24)20-15/h4-5,7-8H,6,9-10H2,1-3H3,(H2,18,19,20,24). The van der Waals surface area contributed by atoms with Crippen molar-refractivity contribution < 1.29 is 0 Å². The molecule has 1 aromatic carbocycles. The summed E-state index contributed by atoms with van der Waals surface area (Å²) in [5.41, 5.74) is 0.975. The summed E-state index contributed by atoms with van der Waals surface area (Å²) in [6, 6.07) is 7.60. The Morgan fingerprint density at radius 1 is 1.25 bits per heavy atom. The predicted octanol–water partition coefficient (Wildman–Crippen LogP) is 1.14. The van der Waals surface area contributed by atoms with Crippen molar-refractivity contribution >= 4 is 27.6 Å². The summed E-state index contributed by atoms with van der Waals surface area (Å²) >= 11 is 0. The summed E-state index contributed by atoms with van der Waals surface area (Å²) in [7, 11) is 5.51. The number of rotatable bonds is 5. The van der Waals surface area contributed by atoms with Gasteiger partial charge < -0.3 is 10.2 Å². The topological polar surface area (TPSA) is 83.0 Å². The first kappa shape index (κ1) is 16.2. The molecule has 2 aromatic heterocycles. The lowest BCUT2D eigenvalue weighted by Gasteiger charge is -2.14. The van der Waals surface area contributed by atoms with Crippen LogP contribution in [0.4, 0.5) is 5.69 Å². The molecule has 3 rings (SSSR count). The van der Waals surface area contributed by atoms with E-state index in [0.29, 0.717) is 11.0 Å². The van der Waals surface area contributed by atoms with Crippen LogP contribution >= 0.6 is 0 Å². The maximum atomic E-state index is 12.6. The third-order valence-corrected chi connectivity index (χ3v) is 4.02. The number of aromatic nitrogens is 3. The minimum absolute atomic E-state index is 0.317.